The Balaban J connectivity index is 2.09. The van der Waals surface area contributed by atoms with Crippen LogP contribution in [0.25, 0.3) is 10.9 Å². The van der Waals surface area contributed by atoms with E-state index >= 15 is 0 Å². The molecule has 4 rings (SSSR count). The molecule has 3 heteroatoms. The van der Waals surface area contributed by atoms with Gasteiger partial charge in [-0.05, 0) is 79.8 Å². The lowest BCUT2D eigenvalue weighted by molar-refractivity contribution is 0.475. The number of nitrogens with zero attached hydrogens (tertiary/aromatic N) is 1. The van der Waals surface area contributed by atoms with Gasteiger partial charge in [-0.1, -0.05) is 42.0 Å². The van der Waals surface area contributed by atoms with Gasteiger partial charge >= 0.3 is 0 Å². The molecular weight excluding hydrogens is 356 g/mol. The number of rotatable bonds is 3. The molecule has 0 bridgehead atoms. The number of hydrogen-bond donors (Lipinski definition) is 2. The molecule has 0 aliphatic heterocycles. The van der Waals surface area contributed by atoms with Crippen LogP contribution in [0.3, 0.4) is 0 Å². The van der Waals surface area contributed by atoms with Gasteiger partial charge in [0.25, 0.3) is 0 Å². The lowest BCUT2D eigenvalue weighted by Crippen LogP contribution is -2.28. The minimum atomic E-state index is -0.980. The summed E-state index contributed by atoms with van der Waals surface area (Å²) in [5, 5.41) is 21.6. The molecule has 0 aliphatic rings. The van der Waals surface area contributed by atoms with Crippen LogP contribution in [0.1, 0.15) is 39.1 Å². The number of aromatic hydroxyl groups is 1. The van der Waals surface area contributed by atoms with Crippen molar-refractivity contribution in [3.63, 3.8) is 0 Å². The van der Waals surface area contributed by atoms with Crippen LogP contribution in [0, 0.1) is 39.0 Å². The second-order valence-electron chi connectivity index (χ2n) is 7.86. The molecule has 1 aromatic heterocycles. The standard InChI is InChI=1S/C26H24N2O/c1-16-5-7-20(8-6-16)26(15-27,21-9-11-22(29)12-10-21)24-14-25-23(13-17(24)2)18(3)19(4)28-25/h5-14,28-29H,1-4H3. The maximum Gasteiger partial charge on any atom is 0.132 e. The van der Waals surface area contributed by atoms with E-state index in [9.17, 15) is 10.4 Å². The Bertz CT molecular complexity index is 1190. The van der Waals surface area contributed by atoms with Gasteiger partial charge in [0.1, 0.15) is 11.2 Å². The van der Waals surface area contributed by atoms with E-state index in [0.29, 0.717) is 0 Å². The minimum absolute atomic E-state index is 0.187. The van der Waals surface area contributed by atoms with E-state index in [2.05, 4.69) is 44.0 Å². The first-order valence-corrected chi connectivity index (χ1v) is 9.74. The van der Waals surface area contributed by atoms with E-state index in [0.717, 1.165) is 39.0 Å². The van der Waals surface area contributed by atoms with Gasteiger partial charge in [0, 0.05) is 16.6 Å². The Hall–Kier alpha value is -3.51. The number of hydrogen-bond acceptors (Lipinski definition) is 2. The molecule has 1 heterocycles. The Morgan fingerprint density at radius 2 is 1.45 bits per heavy atom. The smallest absolute Gasteiger partial charge is 0.132 e. The number of aryl methyl sites for hydroxylation is 4. The predicted octanol–water partition coefficient (Wildman–Crippen LogP) is 5.97. The van der Waals surface area contributed by atoms with Crippen LogP contribution in [0.2, 0.25) is 0 Å². The Morgan fingerprint density at radius 3 is 2.03 bits per heavy atom. The van der Waals surface area contributed by atoms with E-state index in [1.54, 1.807) is 12.1 Å². The lowest BCUT2D eigenvalue weighted by Gasteiger charge is -2.30. The number of phenolic OH excluding ortho intramolecular Hbond substituents is 1. The van der Waals surface area contributed by atoms with Crippen LogP contribution in [0.5, 0.6) is 5.75 Å². The third-order valence-electron chi connectivity index (χ3n) is 6.01. The molecule has 0 radical (unpaired) electrons. The molecular formula is C26H24N2O. The quantitative estimate of drug-likeness (QED) is 0.430. The fourth-order valence-electron chi connectivity index (χ4n) is 4.21. The summed E-state index contributed by atoms with van der Waals surface area (Å²) in [7, 11) is 0. The van der Waals surface area contributed by atoms with Crippen molar-refractivity contribution in [3.05, 3.63) is 99.7 Å². The highest BCUT2D eigenvalue weighted by Gasteiger charge is 2.38. The van der Waals surface area contributed by atoms with E-state index in [1.165, 1.54) is 10.9 Å². The van der Waals surface area contributed by atoms with Gasteiger partial charge in [0.15, 0.2) is 0 Å². The average molecular weight is 380 g/mol. The fourth-order valence-corrected chi connectivity index (χ4v) is 4.21. The van der Waals surface area contributed by atoms with Crippen LogP contribution < -0.4 is 0 Å². The molecule has 0 spiro atoms. The molecule has 0 amide bonds. The third kappa shape index (κ3) is 2.89. The summed E-state index contributed by atoms with van der Waals surface area (Å²) in [4.78, 5) is 3.46. The van der Waals surface area contributed by atoms with Crippen molar-refractivity contribution in [1.29, 1.82) is 5.26 Å². The maximum absolute atomic E-state index is 10.6. The molecule has 1 unspecified atom stereocenters. The Morgan fingerprint density at radius 1 is 0.862 bits per heavy atom. The first kappa shape index (κ1) is 18.8. The van der Waals surface area contributed by atoms with E-state index in [-0.39, 0.29) is 5.75 Å². The minimum Gasteiger partial charge on any atom is -0.508 e. The fraction of sp³-hybridized carbons (Fsp3) is 0.192. The highest BCUT2D eigenvalue weighted by Crippen LogP contribution is 2.42. The molecule has 29 heavy (non-hydrogen) atoms. The van der Waals surface area contributed by atoms with E-state index < -0.39 is 5.41 Å². The molecule has 0 saturated heterocycles. The van der Waals surface area contributed by atoms with Crippen LogP contribution in [-0.4, -0.2) is 10.1 Å². The monoisotopic (exact) mass is 380 g/mol. The van der Waals surface area contributed by atoms with Crippen molar-refractivity contribution in [1.82, 2.24) is 4.98 Å². The summed E-state index contributed by atoms with van der Waals surface area (Å²) in [5.74, 6) is 0.187. The van der Waals surface area contributed by atoms with Gasteiger partial charge in [0.2, 0.25) is 0 Å². The molecule has 2 N–H and O–H groups in total. The van der Waals surface area contributed by atoms with Crippen molar-refractivity contribution in [2.45, 2.75) is 33.1 Å². The van der Waals surface area contributed by atoms with Gasteiger partial charge in [-0.25, -0.2) is 0 Å². The molecule has 0 fully saturated rings. The highest BCUT2D eigenvalue weighted by atomic mass is 16.3. The number of fused-ring (bicyclic) bond motifs is 1. The number of nitrogens with one attached hydrogen (secondary N) is 1. The van der Waals surface area contributed by atoms with Gasteiger partial charge < -0.3 is 10.1 Å². The average Bonchev–Trinajstić information content (AvgIpc) is 2.99. The van der Waals surface area contributed by atoms with E-state index in [1.807, 2.05) is 43.3 Å². The van der Waals surface area contributed by atoms with Crippen LogP contribution in [0.4, 0.5) is 0 Å². The molecule has 3 nitrogen and oxygen atoms in total. The zero-order valence-electron chi connectivity index (χ0n) is 17.2. The van der Waals surface area contributed by atoms with Crippen molar-refractivity contribution < 1.29 is 5.11 Å². The second kappa shape index (κ2) is 6.83. The lowest BCUT2D eigenvalue weighted by atomic mass is 9.69. The molecule has 0 saturated carbocycles. The first-order chi connectivity index (χ1) is 13.9. The number of benzene rings is 3. The Labute approximate surface area is 171 Å². The second-order valence-corrected chi connectivity index (χ2v) is 7.86. The maximum atomic E-state index is 10.6. The van der Waals surface area contributed by atoms with Crippen LogP contribution >= 0.6 is 0 Å². The summed E-state index contributed by atoms with van der Waals surface area (Å²) in [6.07, 6.45) is 0. The molecule has 0 aliphatic carbocycles. The summed E-state index contributed by atoms with van der Waals surface area (Å²) in [6, 6.07) is 22.0. The van der Waals surface area contributed by atoms with Gasteiger partial charge in [-0.2, -0.15) is 5.26 Å². The van der Waals surface area contributed by atoms with Crippen molar-refractivity contribution >= 4 is 10.9 Å². The van der Waals surface area contributed by atoms with Crippen LogP contribution in [-0.2, 0) is 5.41 Å². The van der Waals surface area contributed by atoms with Crippen molar-refractivity contribution in [2.24, 2.45) is 0 Å². The molecule has 4 aromatic rings. The number of nitriles is 1. The van der Waals surface area contributed by atoms with Crippen LogP contribution in [0.15, 0.2) is 60.7 Å². The molecule has 1 atom stereocenters. The third-order valence-corrected chi connectivity index (χ3v) is 6.01. The summed E-state index contributed by atoms with van der Waals surface area (Å²) in [5.41, 5.74) is 7.34. The largest absolute Gasteiger partial charge is 0.508 e. The SMILES string of the molecule is Cc1ccc(C(C#N)(c2ccc(O)cc2)c2cc3[nH]c(C)c(C)c3cc2C)cc1. The molecule has 3 aromatic carbocycles. The first-order valence-electron chi connectivity index (χ1n) is 9.74. The highest BCUT2D eigenvalue weighted by molar-refractivity contribution is 5.87. The zero-order chi connectivity index (χ0) is 20.8. The summed E-state index contributed by atoms with van der Waals surface area (Å²) < 4.78 is 0. The van der Waals surface area contributed by atoms with Crippen molar-refractivity contribution in [3.8, 4) is 11.8 Å². The predicted molar refractivity (Wildman–Crippen MR) is 117 cm³/mol. The number of H-pyrrole nitrogens is 1. The topological polar surface area (TPSA) is 59.8 Å². The Kier molecular flexibility index (Phi) is 4.43. The molecule has 144 valence electrons. The number of phenols is 1. The summed E-state index contributed by atoms with van der Waals surface area (Å²) >= 11 is 0. The van der Waals surface area contributed by atoms with Gasteiger partial charge in [-0.15, -0.1) is 0 Å². The van der Waals surface area contributed by atoms with Gasteiger partial charge in [0.05, 0.1) is 6.07 Å². The number of aromatic nitrogens is 1. The zero-order valence-corrected chi connectivity index (χ0v) is 17.2. The van der Waals surface area contributed by atoms with Gasteiger partial charge in [-0.3, -0.25) is 0 Å². The normalized spacial score (nSPS) is 13.2. The summed E-state index contributed by atoms with van der Waals surface area (Å²) in [6.45, 7) is 8.30. The van der Waals surface area contributed by atoms with E-state index in [4.69, 9.17) is 0 Å². The number of aromatic amines is 1. The van der Waals surface area contributed by atoms with Crippen molar-refractivity contribution in [2.75, 3.05) is 0 Å².